The van der Waals surface area contributed by atoms with Gasteiger partial charge in [0.15, 0.2) is 0 Å². The fourth-order valence-electron chi connectivity index (χ4n) is 2.51. The van der Waals surface area contributed by atoms with E-state index in [0.29, 0.717) is 29.1 Å². The van der Waals surface area contributed by atoms with Crippen molar-refractivity contribution >= 4 is 34.7 Å². The number of carbonyl (C=O) groups excluding carboxylic acids is 2. The number of aromatic nitrogens is 2. The quantitative estimate of drug-likeness (QED) is 0.604. The average molecular weight is 397 g/mol. The number of nitrogens with zero attached hydrogens (tertiary/aromatic N) is 2. The maximum absolute atomic E-state index is 13.8. The van der Waals surface area contributed by atoms with E-state index in [2.05, 4.69) is 25.9 Å². The van der Waals surface area contributed by atoms with Crippen molar-refractivity contribution in [3.05, 3.63) is 71.7 Å². The van der Waals surface area contributed by atoms with Gasteiger partial charge in [-0.15, -0.1) is 0 Å². The van der Waals surface area contributed by atoms with E-state index in [0.717, 1.165) is 12.1 Å². The summed E-state index contributed by atoms with van der Waals surface area (Å²) in [6.45, 7) is 3.03. The molecule has 3 aromatic rings. The van der Waals surface area contributed by atoms with Gasteiger partial charge in [0.25, 0.3) is 5.91 Å². The van der Waals surface area contributed by atoms with Gasteiger partial charge in [-0.25, -0.2) is 18.7 Å². The first kappa shape index (κ1) is 19.9. The zero-order valence-electron chi connectivity index (χ0n) is 15.6. The molecule has 0 bridgehead atoms. The monoisotopic (exact) mass is 397 g/mol. The van der Waals surface area contributed by atoms with Crippen molar-refractivity contribution in [2.45, 2.75) is 13.8 Å². The number of aryl methyl sites for hydroxylation is 1. The minimum Gasteiger partial charge on any atom is -0.340 e. The number of hydrogen-bond acceptors (Lipinski definition) is 5. The van der Waals surface area contributed by atoms with Gasteiger partial charge in [0.2, 0.25) is 5.91 Å². The molecule has 0 saturated heterocycles. The lowest BCUT2D eigenvalue weighted by Gasteiger charge is -2.10. The summed E-state index contributed by atoms with van der Waals surface area (Å²) >= 11 is 0. The SMILES string of the molecule is CC(=O)Nc1ccc(Nc2cc(C(=O)Nc3ccc(F)cc3F)nc(C)n2)cc1. The van der Waals surface area contributed by atoms with Gasteiger partial charge in [0.1, 0.15) is 29.0 Å². The number of amides is 2. The first-order valence-electron chi connectivity index (χ1n) is 8.57. The molecule has 0 aliphatic heterocycles. The van der Waals surface area contributed by atoms with Crippen LogP contribution >= 0.6 is 0 Å². The highest BCUT2D eigenvalue weighted by molar-refractivity contribution is 6.03. The molecule has 0 atom stereocenters. The Morgan fingerprint density at radius 1 is 0.897 bits per heavy atom. The lowest BCUT2D eigenvalue weighted by molar-refractivity contribution is -0.114. The smallest absolute Gasteiger partial charge is 0.274 e. The van der Waals surface area contributed by atoms with E-state index in [1.165, 1.54) is 13.0 Å². The van der Waals surface area contributed by atoms with Gasteiger partial charge in [0.05, 0.1) is 5.69 Å². The maximum Gasteiger partial charge on any atom is 0.274 e. The summed E-state index contributed by atoms with van der Waals surface area (Å²) < 4.78 is 26.8. The Balaban J connectivity index is 1.76. The molecule has 7 nitrogen and oxygen atoms in total. The van der Waals surface area contributed by atoms with Crippen LogP contribution in [0.15, 0.2) is 48.5 Å². The predicted molar refractivity (Wildman–Crippen MR) is 105 cm³/mol. The molecule has 1 aromatic heterocycles. The predicted octanol–water partition coefficient (Wildman–Crippen LogP) is 4.02. The van der Waals surface area contributed by atoms with E-state index in [1.807, 2.05) is 0 Å². The van der Waals surface area contributed by atoms with E-state index in [9.17, 15) is 18.4 Å². The molecule has 0 fully saturated rings. The first-order chi connectivity index (χ1) is 13.8. The second-order valence-electron chi connectivity index (χ2n) is 6.15. The lowest BCUT2D eigenvalue weighted by Crippen LogP contribution is -2.16. The topological polar surface area (TPSA) is 96.0 Å². The summed E-state index contributed by atoms with van der Waals surface area (Å²) in [5.41, 5.74) is 1.17. The fourth-order valence-corrected chi connectivity index (χ4v) is 2.51. The standard InChI is InChI=1S/C20H17F2N5O2/c1-11-23-18(20(29)27-17-8-3-13(21)9-16(17)22)10-19(24-11)26-15-6-4-14(5-7-15)25-12(2)28/h3-10H,1-2H3,(H,25,28)(H,27,29)(H,23,24,26). The maximum atomic E-state index is 13.8. The van der Waals surface area contributed by atoms with Gasteiger partial charge in [-0.05, 0) is 43.3 Å². The van der Waals surface area contributed by atoms with Crippen molar-refractivity contribution in [2.75, 3.05) is 16.0 Å². The van der Waals surface area contributed by atoms with Gasteiger partial charge in [-0.1, -0.05) is 0 Å². The molecule has 9 heteroatoms. The highest BCUT2D eigenvalue weighted by Gasteiger charge is 2.14. The number of hydrogen-bond donors (Lipinski definition) is 3. The van der Waals surface area contributed by atoms with Crippen LogP contribution in [-0.4, -0.2) is 21.8 Å². The largest absolute Gasteiger partial charge is 0.340 e. The molecule has 3 rings (SSSR count). The van der Waals surface area contributed by atoms with Crippen molar-refractivity contribution in [2.24, 2.45) is 0 Å². The Bertz CT molecular complexity index is 1070. The van der Waals surface area contributed by atoms with Crippen molar-refractivity contribution < 1.29 is 18.4 Å². The summed E-state index contributed by atoms with van der Waals surface area (Å²) in [7, 11) is 0. The van der Waals surface area contributed by atoms with E-state index in [-0.39, 0.29) is 17.3 Å². The van der Waals surface area contributed by atoms with Crippen LogP contribution < -0.4 is 16.0 Å². The second kappa shape index (κ2) is 8.42. The fraction of sp³-hybridized carbons (Fsp3) is 0.100. The Kier molecular flexibility index (Phi) is 5.77. The molecular weight excluding hydrogens is 380 g/mol. The number of rotatable bonds is 5. The highest BCUT2D eigenvalue weighted by atomic mass is 19.1. The minimum atomic E-state index is -0.887. The van der Waals surface area contributed by atoms with Gasteiger partial charge in [0, 0.05) is 30.4 Å². The van der Waals surface area contributed by atoms with E-state index in [4.69, 9.17) is 0 Å². The summed E-state index contributed by atoms with van der Waals surface area (Å²) in [4.78, 5) is 31.8. The second-order valence-corrected chi connectivity index (χ2v) is 6.15. The van der Waals surface area contributed by atoms with Crippen LogP contribution in [0.3, 0.4) is 0 Å². The number of benzene rings is 2. The zero-order valence-corrected chi connectivity index (χ0v) is 15.6. The van der Waals surface area contributed by atoms with Gasteiger partial charge in [-0.3, -0.25) is 9.59 Å². The molecule has 2 amide bonds. The Labute approximate surface area is 165 Å². The van der Waals surface area contributed by atoms with Gasteiger partial charge in [-0.2, -0.15) is 0 Å². The summed E-state index contributed by atoms with van der Waals surface area (Å²) in [6, 6.07) is 11.1. The first-order valence-corrected chi connectivity index (χ1v) is 8.57. The van der Waals surface area contributed by atoms with Crippen LogP contribution in [0.5, 0.6) is 0 Å². The lowest BCUT2D eigenvalue weighted by atomic mass is 10.2. The molecule has 148 valence electrons. The van der Waals surface area contributed by atoms with Crippen molar-refractivity contribution in [3.63, 3.8) is 0 Å². The number of nitrogens with one attached hydrogen (secondary N) is 3. The molecular formula is C20H17F2N5O2. The molecule has 0 aliphatic rings. The zero-order chi connectivity index (χ0) is 21.0. The number of carbonyl (C=O) groups is 2. The molecule has 0 unspecified atom stereocenters. The molecule has 29 heavy (non-hydrogen) atoms. The van der Waals surface area contributed by atoms with Crippen LogP contribution in [0.4, 0.5) is 31.7 Å². The summed E-state index contributed by atoms with van der Waals surface area (Å²) in [5, 5.41) is 8.06. The molecule has 1 heterocycles. The Morgan fingerprint density at radius 2 is 1.59 bits per heavy atom. The normalized spacial score (nSPS) is 10.3. The molecule has 2 aromatic carbocycles. The van der Waals surface area contributed by atoms with Gasteiger partial charge >= 0.3 is 0 Å². The van der Waals surface area contributed by atoms with E-state index < -0.39 is 17.5 Å². The summed E-state index contributed by atoms with van der Waals surface area (Å²) in [5.74, 6) is -1.78. The van der Waals surface area contributed by atoms with Crippen LogP contribution in [-0.2, 0) is 4.79 Å². The Hall–Kier alpha value is -3.88. The molecule has 0 saturated carbocycles. The van der Waals surface area contributed by atoms with E-state index >= 15 is 0 Å². The van der Waals surface area contributed by atoms with E-state index in [1.54, 1.807) is 31.2 Å². The number of anilines is 4. The number of halogens is 2. The molecule has 0 aliphatic carbocycles. The third-order valence-electron chi connectivity index (χ3n) is 3.73. The summed E-state index contributed by atoms with van der Waals surface area (Å²) in [6.07, 6.45) is 0. The molecule has 3 N–H and O–H groups in total. The van der Waals surface area contributed by atoms with Crippen LogP contribution in [0.25, 0.3) is 0 Å². The van der Waals surface area contributed by atoms with Crippen molar-refractivity contribution in [1.29, 1.82) is 0 Å². The van der Waals surface area contributed by atoms with Gasteiger partial charge < -0.3 is 16.0 Å². The van der Waals surface area contributed by atoms with Crippen molar-refractivity contribution in [1.82, 2.24) is 9.97 Å². The highest BCUT2D eigenvalue weighted by Crippen LogP contribution is 2.20. The van der Waals surface area contributed by atoms with Crippen molar-refractivity contribution in [3.8, 4) is 0 Å². The third kappa shape index (κ3) is 5.32. The molecule has 0 spiro atoms. The Morgan fingerprint density at radius 3 is 2.24 bits per heavy atom. The van der Waals surface area contributed by atoms with Crippen LogP contribution in [0.1, 0.15) is 23.2 Å². The minimum absolute atomic E-state index is 0.0126. The van der Waals surface area contributed by atoms with Crippen LogP contribution in [0, 0.1) is 18.6 Å². The molecule has 0 radical (unpaired) electrons. The third-order valence-corrected chi connectivity index (χ3v) is 3.73. The van der Waals surface area contributed by atoms with Crippen LogP contribution in [0.2, 0.25) is 0 Å². The average Bonchev–Trinajstić information content (AvgIpc) is 2.64.